The Kier molecular flexibility index (Phi) is 5.94. The smallest absolute Gasteiger partial charge is 0.243 e. The van der Waals surface area contributed by atoms with E-state index in [1.165, 1.54) is 10.4 Å². The highest BCUT2D eigenvalue weighted by Crippen LogP contribution is 2.26. The number of rotatable bonds is 6. The van der Waals surface area contributed by atoms with Gasteiger partial charge in [0.05, 0.1) is 16.5 Å². The molecule has 0 aliphatic carbocycles. The molecular weight excluding hydrogens is 305 g/mol. The van der Waals surface area contributed by atoms with Crippen LogP contribution in [0.4, 0.5) is 4.39 Å². The highest BCUT2D eigenvalue weighted by molar-refractivity contribution is 7.89. The molecule has 0 aliphatic heterocycles. The van der Waals surface area contributed by atoms with Crippen LogP contribution in [-0.4, -0.2) is 30.9 Å². The SMILES string of the molecule is CCN(CC(C)C)S(=O)(=O)c1cc(F)c(Cl)c(CO)c1. The first-order chi connectivity index (χ1) is 9.23. The maximum absolute atomic E-state index is 13.7. The molecule has 0 bridgehead atoms. The lowest BCUT2D eigenvalue weighted by Gasteiger charge is -2.22. The molecule has 1 rings (SSSR count). The fourth-order valence-corrected chi connectivity index (χ4v) is 3.68. The van der Waals surface area contributed by atoms with Gasteiger partial charge in [0.15, 0.2) is 0 Å². The largest absolute Gasteiger partial charge is 0.392 e. The average Bonchev–Trinajstić information content (AvgIpc) is 2.38. The Morgan fingerprint density at radius 2 is 2.00 bits per heavy atom. The maximum atomic E-state index is 13.7. The maximum Gasteiger partial charge on any atom is 0.243 e. The summed E-state index contributed by atoms with van der Waals surface area (Å²) in [7, 11) is -3.79. The molecule has 0 saturated heterocycles. The van der Waals surface area contributed by atoms with Gasteiger partial charge in [0, 0.05) is 18.7 Å². The lowest BCUT2D eigenvalue weighted by Crippen LogP contribution is -2.34. The van der Waals surface area contributed by atoms with Gasteiger partial charge in [-0.25, -0.2) is 12.8 Å². The second kappa shape index (κ2) is 6.85. The first-order valence-electron chi connectivity index (χ1n) is 6.32. The van der Waals surface area contributed by atoms with Crippen molar-refractivity contribution in [2.45, 2.75) is 32.3 Å². The topological polar surface area (TPSA) is 57.6 Å². The molecule has 1 aromatic rings. The molecule has 114 valence electrons. The van der Waals surface area contributed by atoms with Crippen LogP contribution in [0.25, 0.3) is 0 Å². The van der Waals surface area contributed by atoms with Crippen molar-refractivity contribution in [1.29, 1.82) is 0 Å². The van der Waals surface area contributed by atoms with Crippen LogP contribution >= 0.6 is 11.6 Å². The fourth-order valence-electron chi connectivity index (χ4n) is 1.84. The number of nitrogens with zero attached hydrogens (tertiary/aromatic N) is 1. The van der Waals surface area contributed by atoms with E-state index < -0.39 is 22.4 Å². The molecule has 0 aliphatic rings. The molecule has 0 amide bonds. The van der Waals surface area contributed by atoms with E-state index in [9.17, 15) is 12.8 Å². The zero-order valence-electron chi connectivity index (χ0n) is 11.7. The molecular formula is C13H19ClFNO3S. The fraction of sp³-hybridized carbons (Fsp3) is 0.538. The summed E-state index contributed by atoms with van der Waals surface area (Å²) >= 11 is 5.67. The van der Waals surface area contributed by atoms with Gasteiger partial charge in [-0.15, -0.1) is 0 Å². The molecule has 0 fully saturated rings. The second-order valence-electron chi connectivity index (χ2n) is 4.89. The first kappa shape index (κ1) is 17.4. The van der Waals surface area contributed by atoms with Gasteiger partial charge in [-0.3, -0.25) is 0 Å². The number of aliphatic hydroxyl groups is 1. The van der Waals surface area contributed by atoms with Crippen LogP contribution in [0.5, 0.6) is 0 Å². The van der Waals surface area contributed by atoms with Crippen molar-refractivity contribution in [1.82, 2.24) is 4.31 Å². The first-order valence-corrected chi connectivity index (χ1v) is 8.14. The van der Waals surface area contributed by atoms with Gasteiger partial charge in [0.1, 0.15) is 5.82 Å². The highest BCUT2D eigenvalue weighted by atomic mass is 35.5. The minimum atomic E-state index is -3.79. The standard InChI is InChI=1S/C13H19ClFNO3S/c1-4-16(7-9(2)3)20(18,19)11-5-10(8-17)13(14)12(15)6-11/h5-6,9,17H,4,7-8H2,1-3H3. The number of hydrogen-bond acceptors (Lipinski definition) is 3. The van der Waals surface area contributed by atoms with E-state index in [0.717, 1.165) is 6.07 Å². The number of hydrogen-bond donors (Lipinski definition) is 1. The van der Waals surface area contributed by atoms with E-state index in [2.05, 4.69) is 0 Å². The third-order valence-corrected chi connectivity index (χ3v) is 5.15. The van der Waals surface area contributed by atoms with Crippen molar-refractivity contribution in [2.24, 2.45) is 5.92 Å². The van der Waals surface area contributed by atoms with E-state index in [0.29, 0.717) is 13.1 Å². The highest BCUT2D eigenvalue weighted by Gasteiger charge is 2.25. The Balaban J connectivity index is 3.31. The Hall–Kier alpha value is -0.690. The van der Waals surface area contributed by atoms with E-state index in [1.54, 1.807) is 6.92 Å². The summed E-state index contributed by atoms with van der Waals surface area (Å²) in [5, 5.41) is 8.86. The summed E-state index contributed by atoms with van der Waals surface area (Å²) < 4.78 is 39.9. The minimum Gasteiger partial charge on any atom is -0.392 e. The zero-order chi connectivity index (χ0) is 15.5. The Morgan fingerprint density at radius 3 is 2.45 bits per heavy atom. The van der Waals surface area contributed by atoms with Crippen molar-refractivity contribution in [2.75, 3.05) is 13.1 Å². The molecule has 1 aromatic carbocycles. The lowest BCUT2D eigenvalue weighted by molar-refractivity contribution is 0.281. The third kappa shape index (κ3) is 3.69. The summed E-state index contributed by atoms with van der Waals surface area (Å²) in [6.45, 7) is 5.64. The Labute approximate surface area is 124 Å². The van der Waals surface area contributed by atoms with Crippen molar-refractivity contribution >= 4 is 21.6 Å². The van der Waals surface area contributed by atoms with Gasteiger partial charge >= 0.3 is 0 Å². The van der Waals surface area contributed by atoms with Crippen LogP contribution in [0.2, 0.25) is 5.02 Å². The normalized spacial score (nSPS) is 12.4. The molecule has 0 radical (unpaired) electrons. The van der Waals surface area contributed by atoms with Crippen LogP contribution in [0.3, 0.4) is 0 Å². The summed E-state index contributed by atoms with van der Waals surface area (Å²) in [5.74, 6) is -0.698. The quantitative estimate of drug-likeness (QED) is 0.875. The summed E-state index contributed by atoms with van der Waals surface area (Å²) in [6, 6.07) is 2.10. The van der Waals surface area contributed by atoms with E-state index in [1.807, 2.05) is 13.8 Å². The summed E-state index contributed by atoms with van der Waals surface area (Å²) in [5.41, 5.74) is 0.0610. The van der Waals surface area contributed by atoms with Gasteiger partial charge in [0.2, 0.25) is 10.0 Å². The molecule has 0 aromatic heterocycles. The molecule has 0 saturated carbocycles. The Morgan fingerprint density at radius 1 is 1.40 bits per heavy atom. The van der Waals surface area contributed by atoms with Crippen LogP contribution in [-0.2, 0) is 16.6 Å². The van der Waals surface area contributed by atoms with Gasteiger partial charge in [-0.1, -0.05) is 32.4 Å². The molecule has 0 spiro atoms. The molecule has 20 heavy (non-hydrogen) atoms. The minimum absolute atomic E-state index is 0.0610. The predicted octanol–water partition coefficient (Wildman–Crippen LogP) is 2.64. The number of aliphatic hydroxyl groups excluding tert-OH is 1. The molecule has 7 heteroatoms. The van der Waals surface area contributed by atoms with E-state index >= 15 is 0 Å². The van der Waals surface area contributed by atoms with Crippen LogP contribution < -0.4 is 0 Å². The number of halogens is 2. The summed E-state index contributed by atoms with van der Waals surface area (Å²) in [4.78, 5) is -0.189. The predicted molar refractivity (Wildman–Crippen MR) is 76.6 cm³/mol. The monoisotopic (exact) mass is 323 g/mol. The summed E-state index contributed by atoms with van der Waals surface area (Å²) in [6.07, 6.45) is 0. The van der Waals surface area contributed by atoms with Crippen LogP contribution in [0.1, 0.15) is 26.3 Å². The van der Waals surface area contributed by atoms with Crippen LogP contribution in [0, 0.1) is 11.7 Å². The molecule has 4 nitrogen and oxygen atoms in total. The van der Waals surface area contributed by atoms with Gasteiger partial charge in [0.25, 0.3) is 0 Å². The molecule has 1 N–H and O–H groups in total. The third-order valence-electron chi connectivity index (χ3n) is 2.81. The van der Waals surface area contributed by atoms with Crippen molar-refractivity contribution in [3.05, 3.63) is 28.5 Å². The Bertz CT molecular complexity index is 575. The van der Waals surface area contributed by atoms with Gasteiger partial charge in [-0.05, 0) is 18.1 Å². The molecule has 0 unspecified atom stereocenters. The van der Waals surface area contributed by atoms with Crippen molar-refractivity contribution < 1.29 is 17.9 Å². The second-order valence-corrected chi connectivity index (χ2v) is 7.20. The molecule has 0 heterocycles. The van der Waals surface area contributed by atoms with E-state index in [-0.39, 0.29) is 21.4 Å². The van der Waals surface area contributed by atoms with Crippen LogP contribution in [0.15, 0.2) is 17.0 Å². The van der Waals surface area contributed by atoms with E-state index in [4.69, 9.17) is 16.7 Å². The zero-order valence-corrected chi connectivity index (χ0v) is 13.3. The van der Waals surface area contributed by atoms with Crippen molar-refractivity contribution in [3.63, 3.8) is 0 Å². The van der Waals surface area contributed by atoms with Gasteiger partial charge in [-0.2, -0.15) is 4.31 Å². The number of benzene rings is 1. The average molecular weight is 324 g/mol. The lowest BCUT2D eigenvalue weighted by atomic mass is 10.2. The molecule has 0 atom stereocenters. The van der Waals surface area contributed by atoms with Crippen molar-refractivity contribution in [3.8, 4) is 0 Å². The van der Waals surface area contributed by atoms with Gasteiger partial charge < -0.3 is 5.11 Å². The number of sulfonamides is 1.